The summed E-state index contributed by atoms with van der Waals surface area (Å²) >= 11 is 0. The Labute approximate surface area is 100 Å². The molecule has 1 aliphatic heterocycles. The van der Waals surface area contributed by atoms with Crippen LogP contribution in [0, 0.1) is 12.7 Å². The summed E-state index contributed by atoms with van der Waals surface area (Å²) in [6.45, 7) is 3.04. The molecule has 0 aromatic heterocycles. The zero-order valence-corrected chi connectivity index (χ0v) is 10.3. The molecule has 2 N–H and O–H groups in total. The minimum absolute atomic E-state index is 0.0792. The zero-order chi connectivity index (χ0) is 12.5. The number of halogens is 1. The van der Waals surface area contributed by atoms with Crippen LogP contribution in [0.4, 0.5) is 4.39 Å². The monoisotopic (exact) mass is 258 g/mol. The summed E-state index contributed by atoms with van der Waals surface area (Å²) in [5.41, 5.74) is 0.420. The first-order chi connectivity index (χ1) is 7.99. The molecule has 1 aliphatic rings. The first-order valence-electron chi connectivity index (χ1n) is 5.48. The van der Waals surface area contributed by atoms with Crippen LogP contribution in [0.1, 0.15) is 12.0 Å². The van der Waals surface area contributed by atoms with Gasteiger partial charge in [0.1, 0.15) is 5.82 Å². The standard InChI is InChI=1S/C11H15FN2O2S/c1-8-6-9(12)2-3-11(8)17(15,16)14-10-4-5-13-7-10/h2-3,6,10,13-14H,4-5,7H2,1H3/t10-/m1/s1. The van der Waals surface area contributed by atoms with E-state index in [0.29, 0.717) is 12.1 Å². The maximum absolute atomic E-state index is 12.9. The van der Waals surface area contributed by atoms with Crippen LogP contribution in [0.5, 0.6) is 0 Å². The summed E-state index contributed by atoms with van der Waals surface area (Å²) in [4.78, 5) is 0.144. The summed E-state index contributed by atoms with van der Waals surface area (Å²) in [5.74, 6) is -0.427. The maximum atomic E-state index is 12.9. The second-order valence-electron chi connectivity index (χ2n) is 4.22. The van der Waals surface area contributed by atoms with Crippen molar-refractivity contribution in [2.75, 3.05) is 13.1 Å². The number of hydrogen-bond acceptors (Lipinski definition) is 3. The van der Waals surface area contributed by atoms with E-state index in [0.717, 1.165) is 19.0 Å². The molecular weight excluding hydrogens is 243 g/mol. The van der Waals surface area contributed by atoms with Gasteiger partial charge in [0.2, 0.25) is 10.0 Å². The van der Waals surface area contributed by atoms with Crippen LogP contribution in [0.2, 0.25) is 0 Å². The molecule has 0 bridgehead atoms. The predicted octanol–water partition coefficient (Wildman–Crippen LogP) is 0.774. The normalized spacial score (nSPS) is 20.7. The molecular formula is C11H15FN2O2S. The average Bonchev–Trinajstić information content (AvgIpc) is 2.68. The Morgan fingerprint density at radius 3 is 2.82 bits per heavy atom. The highest BCUT2D eigenvalue weighted by Gasteiger charge is 2.23. The predicted molar refractivity (Wildman–Crippen MR) is 62.7 cm³/mol. The van der Waals surface area contributed by atoms with E-state index in [9.17, 15) is 12.8 Å². The quantitative estimate of drug-likeness (QED) is 0.842. The molecule has 6 heteroatoms. The van der Waals surface area contributed by atoms with Crippen molar-refractivity contribution in [2.24, 2.45) is 0 Å². The summed E-state index contributed by atoms with van der Waals surface area (Å²) in [7, 11) is -3.55. The van der Waals surface area contributed by atoms with Crippen LogP contribution in [0.3, 0.4) is 0 Å². The van der Waals surface area contributed by atoms with E-state index in [1.165, 1.54) is 12.1 Å². The van der Waals surface area contributed by atoms with Gasteiger partial charge >= 0.3 is 0 Å². The molecule has 1 aromatic carbocycles. The third-order valence-electron chi connectivity index (χ3n) is 2.81. The van der Waals surface area contributed by atoms with Crippen LogP contribution < -0.4 is 10.0 Å². The molecule has 94 valence electrons. The highest BCUT2D eigenvalue weighted by molar-refractivity contribution is 7.89. The molecule has 0 aliphatic carbocycles. The Morgan fingerprint density at radius 2 is 2.24 bits per heavy atom. The first-order valence-corrected chi connectivity index (χ1v) is 6.96. The molecule has 0 unspecified atom stereocenters. The van der Waals surface area contributed by atoms with Gasteiger partial charge in [0.25, 0.3) is 0 Å². The van der Waals surface area contributed by atoms with Crippen LogP contribution in [-0.4, -0.2) is 27.5 Å². The van der Waals surface area contributed by atoms with Crippen LogP contribution in [-0.2, 0) is 10.0 Å². The second kappa shape index (κ2) is 4.72. The van der Waals surface area contributed by atoms with Crippen molar-refractivity contribution in [3.63, 3.8) is 0 Å². The van der Waals surface area contributed by atoms with Crippen molar-refractivity contribution < 1.29 is 12.8 Å². The summed E-state index contributed by atoms with van der Waals surface area (Å²) in [5, 5.41) is 3.08. The third-order valence-corrected chi connectivity index (χ3v) is 4.49. The van der Waals surface area contributed by atoms with E-state index in [4.69, 9.17) is 0 Å². The van der Waals surface area contributed by atoms with Gasteiger partial charge in [0.15, 0.2) is 0 Å². The van der Waals surface area contributed by atoms with Gasteiger partial charge in [-0.25, -0.2) is 17.5 Å². The Bertz CT molecular complexity index is 510. The van der Waals surface area contributed by atoms with Crippen LogP contribution >= 0.6 is 0 Å². The van der Waals surface area contributed by atoms with Crippen LogP contribution in [0.15, 0.2) is 23.1 Å². The molecule has 1 heterocycles. The Morgan fingerprint density at radius 1 is 1.47 bits per heavy atom. The highest BCUT2D eigenvalue weighted by Crippen LogP contribution is 2.17. The lowest BCUT2D eigenvalue weighted by molar-refractivity contribution is 0.559. The third kappa shape index (κ3) is 2.83. The molecule has 0 amide bonds. The lowest BCUT2D eigenvalue weighted by atomic mass is 10.2. The van der Waals surface area contributed by atoms with Gasteiger partial charge < -0.3 is 5.32 Å². The minimum Gasteiger partial charge on any atom is -0.315 e. The van der Waals surface area contributed by atoms with Gasteiger partial charge in [-0.05, 0) is 43.7 Å². The summed E-state index contributed by atoms with van der Waals surface area (Å²) in [6.07, 6.45) is 0.777. The van der Waals surface area contributed by atoms with Crippen molar-refractivity contribution in [3.05, 3.63) is 29.6 Å². The Hall–Kier alpha value is -0.980. The molecule has 0 saturated carbocycles. The smallest absolute Gasteiger partial charge is 0.241 e. The lowest BCUT2D eigenvalue weighted by Gasteiger charge is -2.13. The molecule has 17 heavy (non-hydrogen) atoms. The zero-order valence-electron chi connectivity index (χ0n) is 9.53. The van der Waals surface area contributed by atoms with Crippen molar-refractivity contribution in [2.45, 2.75) is 24.3 Å². The van der Waals surface area contributed by atoms with Crippen molar-refractivity contribution in [3.8, 4) is 0 Å². The van der Waals surface area contributed by atoms with E-state index in [1.54, 1.807) is 6.92 Å². The molecule has 1 fully saturated rings. The average molecular weight is 258 g/mol. The fraction of sp³-hybridized carbons (Fsp3) is 0.455. The number of nitrogens with one attached hydrogen (secondary N) is 2. The fourth-order valence-corrected chi connectivity index (χ4v) is 3.45. The van der Waals surface area contributed by atoms with E-state index in [2.05, 4.69) is 10.0 Å². The Balaban J connectivity index is 2.24. The maximum Gasteiger partial charge on any atom is 0.241 e. The first kappa shape index (κ1) is 12.5. The Kier molecular flexibility index (Phi) is 3.46. The van der Waals surface area contributed by atoms with Crippen molar-refractivity contribution >= 4 is 10.0 Å². The van der Waals surface area contributed by atoms with E-state index in [1.807, 2.05) is 0 Å². The molecule has 1 saturated heterocycles. The van der Waals surface area contributed by atoms with Gasteiger partial charge in [0, 0.05) is 12.6 Å². The molecule has 2 rings (SSSR count). The van der Waals surface area contributed by atoms with E-state index >= 15 is 0 Å². The van der Waals surface area contributed by atoms with Crippen LogP contribution in [0.25, 0.3) is 0 Å². The molecule has 0 radical (unpaired) electrons. The second-order valence-corrected chi connectivity index (χ2v) is 5.90. The highest BCUT2D eigenvalue weighted by atomic mass is 32.2. The lowest BCUT2D eigenvalue weighted by Crippen LogP contribution is -2.36. The van der Waals surface area contributed by atoms with Crippen molar-refractivity contribution in [1.82, 2.24) is 10.0 Å². The SMILES string of the molecule is Cc1cc(F)ccc1S(=O)(=O)N[C@@H]1CCNC1. The number of sulfonamides is 1. The summed E-state index contributed by atoms with van der Waals surface area (Å²) in [6, 6.07) is 3.61. The van der Waals surface area contributed by atoms with E-state index < -0.39 is 15.8 Å². The van der Waals surface area contributed by atoms with Gasteiger partial charge in [-0.15, -0.1) is 0 Å². The number of aryl methyl sites for hydroxylation is 1. The molecule has 1 aromatic rings. The summed E-state index contributed by atoms with van der Waals surface area (Å²) < 4.78 is 39.7. The number of rotatable bonds is 3. The van der Waals surface area contributed by atoms with Gasteiger partial charge in [-0.2, -0.15) is 0 Å². The van der Waals surface area contributed by atoms with Gasteiger partial charge in [-0.1, -0.05) is 0 Å². The van der Waals surface area contributed by atoms with Crippen molar-refractivity contribution in [1.29, 1.82) is 0 Å². The fourth-order valence-electron chi connectivity index (χ4n) is 1.95. The van der Waals surface area contributed by atoms with E-state index in [-0.39, 0.29) is 10.9 Å². The minimum atomic E-state index is -3.55. The van der Waals surface area contributed by atoms with Gasteiger partial charge in [0.05, 0.1) is 4.90 Å². The molecule has 0 spiro atoms. The topological polar surface area (TPSA) is 58.2 Å². The largest absolute Gasteiger partial charge is 0.315 e. The number of hydrogen-bond donors (Lipinski definition) is 2. The molecule has 4 nitrogen and oxygen atoms in total. The molecule has 1 atom stereocenters. The number of benzene rings is 1. The van der Waals surface area contributed by atoms with Gasteiger partial charge in [-0.3, -0.25) is 0 Å².